The molecule has 3 atom stereocenters. The molecule has 33 heavy (non-hydrogen) atoms. The number of aromatic carboxylic acids is 1. The number of carboxylic acid groups (broad SMARTS) is 1. The van der Waals surface area contributed by atoms with Crippen LogP contribution in [0.15, 0.2) is 0 Å². The predicted octanol–water partition coefficient (Wildman–Crippen LogP) is 1.82. The van der Waals surface area contributed by atoms with Crippen molar-refractivity contribution in [3.05, 3.63) is 32.0 Å². The molecule has 2 aromatic rings. The minimum atomic E-state index is -1.07. The fourth-order valence-electron chi connectivity index (χ4n) is 4.27. The van der Waals surface area contributed by atoms with E-state index in [0.717, 1.165) is 24.2 Å². The first-order valence-corrected chi connectivity index (χ1v) is 11.9. The van der Waals surface area contributed by atoms with Crippen molar-refractivity contribution in [3.8, 4) is 0 Å². The van der Waals surface area contributed by atoms with Crippen molar-refractivity contribution in [1.29, 1.82) is 0 Å². The van der Waals surface area contributed by atoms with E-state index in [0.29, 0.717) is 34.6 Å². The van der Waals surface area contributed by atoms with Gasteiger partial charge in [-0.25, -0.2) is 9.78 Å². The number of anilines is 1. The Balaban J connectivity index is 0.00000259. The van der Waals surface area contributed by atoms with Crippen LogP contribution in [-0.4, -0.2) is 76.9 Å². The standard InChI is InChI=1S/C20H21Cl2N5O4S.Li.H/c1-7-13(21)14(22)16(23-7)18(29)26-15-9-5-27(6-10(9)15)20-25-11(17(32-20)19(30)31)4-12(28)24-8-2-3-8;;/h8-10,15,23H,2-6H2,1H3,(H,24,28)(H,26,29)(H,30,31);;/t9-,10+,15?;;. The van der Waals surface area contributed by atoms with Crippen LogP contribution in [0.3, 0.4) is 0 Å². The van der Waals surface area contributed by atoms with E-state index in [1.807, 2.05) is 4.90 Å². The summed E-state index contributed by atoms with van der Waals surface area (Å²) in [6.07, 6.45) is 1.90. The van der Waals surface area contributed by atoms with E-state index in [2.05, 4.69) is 20.6 Å². The van der Waals surface area contributed by atoms with Gasteiger partial charge in [0.05, 0.1) is 22.2 Å². The first-order valence-electron chi connectivity index (χ1n) is 10.3. The summed E-state index contributed by atoms with van der Waals surface area (Å²) in [4.78, 5) is 45.8. The van der Waals surface area contributed by atoms with E-state index in [1.54, 1.807) is 6.92 Å². The first-order chi connectivity index (χ1) is 15.2. The van der Waals surface area contributed by atoms with E-state index < -0.39 is 5.97 Å². The van der Waals surface area contributed by atoms with Gasteiger partial charge in [-0.2, -0.15) is 0 Å². The van der Waals surface area contributed by atoms with Gasteiger partial charge in [0.15, 0.2) is 5.13 Å². The zero-order valence-corrected chi connectivity index (χ0v) is 19.4. The number of fused-ring (bicyclic) bond motifs is 1. The number of carbonyl (C=O) groups excluding carboxylic acids is 2. The summed E-state index contributed by atoms with van der Waals surface area (Å²) in [6.45, 7) is 3.07. The number of thiazole rings is 1. The van der Waals surface area contributed by atoms with Crippen LogP contribution in [0.4, 0.5) is 5.13 Å². The van der Waals surface area contributed by atoms with Crippen LogP contribution in [-0.2, 0) is 11.2 Å². The van der Waals surface area contributed by atoms with Crippen molar-refractivity contribution >= 4 is 76.3 Å². The summed E-state index contributed by atoms with van der Waals surface area (Å²) in [5.41, 5.74) is 1.20. The number of hydrogen-bond acceptors (Lipinski definition) is 6. The number of aryl methyl sites for hydroxylation is 1. The Morgan fingerprint density at radius 3 is 2.39 bits per heavy atom. The number of halogens is 2. The average Bonchev–Trinajstić information content (AvgIpc) is 3.50. The molecule has 13 heteroatoms. The molecule has 3 heterocycles. The Morgan fingerprint density at radius 1 is 1.18 bits per heavy atom. The number of rotatable bonds is 7. The molecular weight excluding hydrogens is 484 g/mol. The molecule has 3 fully saturated rings. The number of aromatic nitrogens is 2. The Kier molecular flexibility index (Phi) is 6.78. The van der Waals surface area contributed by atoms with Crippen LogP contribution in [0.25, 0.3) is 0 Å². The van der Waals surface area contributed by atoms with Crippen molar-refractivity contribution in [2.45, 2.75) is 38.3 Å². The number of carbonyl (C=O) groups is 3. The van der Waals surface area contributed by atoms with Gasteiger partial charge < -0.3 is 25.6 Å². The maximum absolute atomic E-state index is 12.6. The monoisotopic (exact) mass is 505 g/mol. The summed E-state index contributed by atoms with van der Waals surface area (Å²) >= 11 is 13.3. The first kappa shape index (κ1) is 24.4. The second-order valence-electron chi connectivity index (χ2n) is 8.58. The summed E-state index contributed by atoms with van der Waals surface area (Å²) in [6, 6.07) is 0.243. The molecule has 3 aliphatic rings. The Bertz CT molecular complexity index is 1120. The van der Waals surface area contributed by atoms with Crippen molar-refractivity contribution in [2.24, 2.45) is 11.8 Å². The van der Waals surface area contributed by atoms with E-state index in [1.165, 1.54) is 0 Å². The number of hydrogen-bond donors (Lipinski definition) is 4. The van der Waals surface area contributed by atoms with Crippen LogP contribution in [0.1, 0.15) is 44.4 Å². The van der Waals surface area contributed by atoms with Crippen LogP contribution >= 0.6 is 34.5 Å². The van der Waals surface area contributed by atoms with Crippen molar-refractivity contribution in [2.75, 3.05) is 18.0 Å². The number of amides is 2. The van der Waals surface area contributed by atoms with E-state index in [4.69, 9.17) is 23.2 Å². The van der Waals surface area contributed by atoms with Gasteiger partial charge in [-0.15, -0.1) is 0 Å². The van der Waals surface area contributed by atoms with Gasteiger partial charge in [-0.1, -0.05) is 34.5 Å². The third-order valence-electron chi connectivity index (χ3n) is 6.19. The molecule has 0 bridgehead atoms. The zero-order chi connectivity index (χ0) is 22.7. The van der Waals surface area contributed by atoms with E-state index in [-0.39, 0.29) is 76.6 Å². The quantitative estimate of drug-likeness (QED) is 0.425. The molecule has 1 saturated heterocycles. The molecule has 2 saturated carbocycles. The van der Waals surface area contributed by atoms with Crippen LogP contribution < -0.4 is 15.5 Å². The van der Waals surface area contributed by atoms with Crippen molar-refractivity contribution in [3.63, 3.8) is 0 Å². The molecule has 0 radical (unpaired) electrons. The number of nitrogens with zero attached hydrogens (tertiary/aromatic N) is 2. The summed E-state index contributed by atoms with van der Waals surface area (Å²) in [5, 5.41) is 16.6. The van der Waals surface area contributed by atoms with Gasteiger partial charge in [-0.3, -0.25) is 9.59 Å². The second kappa shape index (κ2) is 9.15. The number of nitrogens with one attached hydrogen (secondary N) is 3. The Hall–Kier alpha value is -1.70. The van der Waals surface area contributed by atoms with Gasteiger partial charge >= 0.3 is 24.8 Å². The Morgan fingerprint density at radius 2 is 1.85 bits per heavy atom. The molecule has 5 rings (SSSR count). The van der Waals surface area contributed by atoms with Crippen LogP contribution in [0.5, 0.6) is 0 Å². The SMILES string of the molecule is Cc1[nH]c(C(=O)NC2[C@H]3CN(c4nc(CC(=O)NC5CC5)c(C(=O)O)s4)C[C@@H]23)c(Cl)c1Cl.[LiH]. The summed E-state index contributed by atoms with van der Waals surface area (Å²) in [7, 11) is 0. The molecule has 4 N–H and O–H groups in total. The number of carboxylic acids is 1. The van der Waals surface area contributed by atoms with E-state index in [9.17, 15) is 19.5 Å². The van der Waals surface area contributed by atoms with Gasteiger partial charge in [0.2, 0.25) is 5.91 Å². The van der Waals surface area contributed by atoms with Crippen molar-refractivity contribution in [1.82, 2.24) is 20.6 Å². The molecule has 0 spiro atoms. The average molecular weight is 506 g/mol. The molecule has 1 aliphatic heterocycles. The van der Waals surface area contributed by atoms with Gasteiger partial charge in [0.1, 0.15) is 10.6 Å². The molecule has 1 unspecified atom stereocenters. The van der Waals surface area contributed by atoms with Gasteiger partial charge in [0, 0.05) is 42.7 Å². The molecule has 2 amide bonds. The summed E-state index contributed by atoms with van der Waals surface area (Å²) < 4.78 is 0. The maximum atomic E-state index is 12.6. The molecule has 2 aromatic heterocycles. The van der Waals surface area contributed by atoms with Gasteiger partial charge in [-0.05, 0) is 19.8 Å². The van der Waals surface area contributed by atoms with Crippen LogP contribution in [0, 0.1) is 18.8 Å². The van der Waals surface area contributed by atoms with Crippen LogP contribution in [0.2, 0.25) is 10.0 Å². The Labute approximate surface area is 215 Å². The molecule has 172 valence electrons. The number of piperidine rings is 1. The van der Waals surface area contributed by atoms with Gasteiger partial charge in [0.25, 0.3) is 5.91 Å². The topological polar surface area (TPSA) is 127 Å². The zero-order valence-electron chi connectivity index (χ0n) is 17.1. The second-order valence-corrected chi connectivity index (χ2v) is 10.3. The predicted molar refractivity (Wildman–Crippen MR) is 127 cm³/mol. The van der Waals surface area contributed by atoms with E-state index >= 15 is 0 Å². The minimum absolute atomic E-state index is 0. The molecule has 0 aromatic carbocycles. The fourth-order valence-corrected chi connectivity index (χ4v) is 5.62. The third kappa shape index (κ3) is 4.77. The molecule has 9 nitrogen and oxygen atoms in total. The number of H-pyrrole nitrogens is 1. The molecule has 2 aliphatic carbocycles. The molecular formula is C20H22Cl2LiN5O4S. The normalized spacial score (nSPS) is 23.0. The third-order valence-corrected chi connectivity index (χ3v) is 8.29. The number of aromatic amines is 1. The van der Waals surface area contributed by atoms with Crippen molar-refractivity contribution < 1.29 is 19.5 Å². The fraction of sp³-hybridized carbons (Fsp3) is 0.500. The summed E-state index contributed by atoms with van der Waals surface area (Å²) in [5.74, 6) is -1.06.